The number of aromatic nitrogens is 2. The van der Waals surface area contributed by atoms with Crippen LogP contribution in [0, 0.1) is 0 Å². The van der Waals surface area contributed by atoms with Crippen molar-refractivity contribution in [1.82, 2.24) is 19.4 Å². The Balaban J connectivity index is 1.28. The highest BCUT2D eigenvalue weighted by molar-refractivity contribution is 6.34. The molecule has 3 heterocycles. The molecule has 1 fully saturated rings. The van der Waals surface area contributed by atoms with Crippen molar-refractivity contribution in [2.45, 2.75) is 20.0 Å². The fourth-order valence-corrected chi connectivity index (χ4v) is 4.66. The summed E-state index contributed by atoms with van der Waals surface area (Å²) in [6.07, 6.45) is 1.52. The van der Waals surface area contributed by atoms with E-state index in [4.69, 9.17) is 21.0 Å². The number of hydrogen-bond donors (Lipinski definition) is 1. The van der Waals surface area contributed by atoms with Crippen molar-refractivity contribution in [3.63, 3.8) is 0 Å². The topological polar surface area (TPSA) is 83.6 Å². The smallest absolute Gasteiger partial charge is 0.289 e. The van der Waals surface area contributed by atoms with Gasteiger partial charge in [-0.25, -0.2) is 4.98 Å². The van der Waals surface area contributed by atoms with E-state index in [1.807, 2.05) is 23.1 Å². The Morgan fingerprint density at radius 2 is 1.86 bits per heavy atom. The van der Waals surface area contributed by atoms with Gasteiger partial charge < -0.3 is 19.2 Å². The summed E-state index contributed by atoms with van der Waals surface area (Å²) in [7, 11) is 0. The molecule has 0 bridgehead atoms. The molecule has 0 aliphatic carbocycles. The second kappa shape index (κ2) is 9.93. The van der Waals surface area contributed by atoms with Crippen LogP contribution in [-0.2, 0) is 13.1 Å². The third-order valence-electron chi connectivity index (χ3n) is 6.28. The number of piperazine rings is 1. The van der Waals surface area contributed by atoms with E-state index in [-0.39, 0.29) is 11.8 Å². The first kappa shape index (κ1) is 23.1. The Morgan fingerprint density at radius 1 is 1.06 bits per heavy atom. The number of nitrogens with zero attached hydrogens (tertiary/aromatic N) is 4. The molecule has 2 aromatic heterocycles. The molecule has 0 unspecified atom stereocenters. The quantitative estimate of drug-likeness (QED) is 0.429. The molecule has 1 aliphatic heterocycles. The van der Waals surface area contributed by atoms with Gasteiger partial charge >= 0.3 is 0 Å². The van der Waals surface area contributed by atoms with Crippen LogP contribution in [-0.4, -0.2) is 57.3 Å². The van der Waals surface area contributed by atoms with E-state index in [1.165, 1.54) is 6.26 Å². The lowest BCUT2D eigenvalue weighted by atomic mass is 10.2. The van der Waals surface area contributed by atoms with Crippen molar-refractivity contribution in [3.05, 3.63) is 83.0 Å². The molecule has 0 radical (unpaired) electrons. The van der Waals surface area contributed by atoms with Gasteiger partial charge in [-0.15, -0.1) is 0 Å². The Morgan fingerprint density at radius 3 is 2.57 bits per heavy atom. The first-order valence-electron chi connectivity index (χ1n) is 11.6. The first-order chi connectivity index (χ1) is 17.0. The number of fused-ring (bicyclic) bond motifs is 1. The molecule has 0 spiro atoms. The SMILES string of the molecule is CCn1c(CN2CCN(C(=O)c3ccco3)CC2)nc2cc(NC(=O)c3ccccc3Cl)ccc21. The molecule has 5 rings (SSSR count). The molecule has 35 heavy (non-hydrogen) atoms. The van der Waals surface area contributed by atoms with Gasteiger partial charge in [0.25, 0.3) is 11.8 Å². The van der Waals surface area contributed by atoms with Gasteiger partial charge in [-0.3, -0.25) is 14.5 Å². The van der Waals surface area contributed by atoms with Gasteiger partial charge in [0.15, 0.2) is 5.76 Å². The van der Waals surface area contributed by atoms with Crippen molar-refractivity contribution in [2.75, 3.05) is 31.5 Å². The highest BCUT2D eigenvalue weighted by atomic mass is 35.5. The van der Waals surface area contributed by atoms with Gasteiger partial charge in [0.05, 0.1) is 34.4 Å². The number of anilines is 1. The van der Waals surface area contributed by atoms with Crippen LogP contribution >= 0.6 is 11.6 Å². The Labute approximate surface area is 208 Å². The maximum atomic E-state index is 12.6. The number of benzene rings is 2. The van der Waals surface area contributed by atoms with Crippen LogP contribution in [0.2, 0.25) is 5.02 Å². The van der Waals surface area contributed by atoms with E-state index in [9.17, 15) is 9.59 Å². The molecule has 9 heteroatoms. The third kappa shape index (κ3) is 4.80. The zero-order valence-electron chi connectivity index (χ0n) is 19.4. The maximum absolute atomic E-state index is 12.6. The van der Waals surface area contributed by atoms with Crippen LogP contribution < -0.4 is 5.32 Å². The molecule has 1 N–H and O–H groups in total. The number of carbonyl (C=O) groups excluding carboxylic acids is 2. The lowest BCUT2D eigenvalue weighted by Crippen LogP contribution is -2.48. The predicted octanol–water partition coefficient (Wildman–Crippen LogP) is 4.51. The summed E-state index contributed by atoms with van der Waals surface area (Å²) in [5.41, 5.74) is 2.94. The Bertz CT molecular complexity index is 1360. The average molecular weight is 492 g/mol. The molecule has 180 valence electrons. The minimum Gasteiger partial charge on any atom is -0.459 e. The van der Waals surface area contributed by atoms with E-state index in [1.54, 1.807) is 36.4 Å². The lowest BCUT2D eigenvalue weighted by Gasteiger charge is -2.34. The molecule has 1 saturated heterocycles. The van der Waals surface area contributed by atoms with E-state index >= 15 is 0 Å². The first-order valence-corrected chi connectivity index (χ1v) is 12.0. The molecule has 2 amide bonds. The summed E-state index contributed by atoms with van der Waals surface area (Å²) < 4.78 is 7.44. The highest BCUT2D eigenvalue weighted by Gasteiger charge is 2.25. The van der Waals surface area contributed by atoms with E-state index < -0.39 is 0 Å². The summed E-state index contributed by atoms with van der Waals surface area (Å²) in [6.45, 7) is 6.38. The Kier molecular flexibility index (Phi) is 6.57. The van der Waals surface area contributed by atoms with Gasteiger partial charge in [-0.05, 0) is 49.4 Å². The number of amides is 2. The molecule has 8 nitrogen and oxygen atoms in total. The highest BCUT2D eigenvalue weighted by Crippen LogP contribution is 2.23. The number of hydrogen-bond acceptors (Lipinski definition) is 5. The van der Waals surface area contributed by atoms with Crippen molar-refractivity contribution in [1.29, 1.82) is 0 Å². The molecule has 0 atom stereocenters. The maximum Gasteiger partial charge on any atom is 0.289 e. The largest absolute Gasteiger partial charge is 0.459 e. The monoisotopic (exact) mass is 491 g/mol. The summed E-state index contributed by atoms with van der Waals surface area (Å²) in [6, 6.07) is 16.1. The number of halogens is 1. The minimum atomic E-state index is -0.257. The zero-order chi connectivity index (χ0) is 24.4. The summed E-state index contributed by atoms with van der Waals surface area (Å²) >= 11 is 6.16. The summed E-state index contributed by atoms with van der Waals surface area (Å²) in [4.78, 5) is 34.2. The summed E-state index contributed by atoms with van der Waals surface area (Å²) in [5.74, 6) is 1.01. The van der Waals surface area contributed by atoms with Gasteiger partial charge in [0.1, 0.15) is 5.82 Å². The molecule has 2 aromatic carbocycles. The number of aryl methyl sites for hydroxylation is 1. The fraction of sp³-hybridized carbons (Fsp3) is 0.269. The van der Waals surface area contributed by atoms with Crippen molar-refractivity contribution in [3.8, 4) is 0 Å². The van der Waals surface area contributed by atoms with Crippen LogP contribution in [0.25, 0.3) is 11.0 Å². The fourth-order valence-electron chi connectivity index (χ4n) is 4.44. The second-order valence-electron chi connectivity index (χ2n) is 8.46. The minimum absolute atomic E-state index is 0.0678. The molecular formula is C26H26ClN5O3. The predicted molar refractivity (Wildman–Crippen MR) is 135 cm³/mol. The van der Waals surface area contributed by atoms with E-state index in [0.29, 0.717) is 41.7 Å². The molecule has 1 aliphatic rings. The van der Waals surface area contributed by atoms with E-state index in [2.05, 4.69) is 21.7 Å². The molecule has 4 aromatic rings. The molecule has 0 saturated carbocycles. The standard InChI is InChI=1S/C26H26ClN5O3/c1-2-32-22-10-9-18(28-25(33)19-6-3-4-7-20(19)27)16-21(22)29-24(32)17-30-11-13-31(14-12-30)26(34)23-8-5-15-35-23/h3-10,15-16H,2,11-14,17H2,1H3,(H,28,33). The van der Waals surface area contributed by atoms with Crippen LogP contribution in [0.4, 0.5) is 5.69 Å². The van der Waals surface area contributed by atoms with Crippen molar-refractivity contribution in [2.24, 2.45) is 0 Å². The van der Waals surface area contributed by atoms with Gasteiger partial charge in [0.2, 0.25) is 0 Å². The second-order valence-corrected chi connectivity index (χ2v) is 8.86. The number of furan rings is 1. The number of nitrogens with one attached hydrogen (secondary N) is 1. The van der Waals surface area contributed by atoms with Crippen molar-refractivity contribution < 1.29 is 14.0 Å². The van der Waals surface area contributed by atoms with Crippen molar-refractivity contribution >= 4 is 40.1 Å². The number of imidazole rings is 1. The van der Waals surface area contributed by atoms with Crippen LogP contribution in [0.15, 0.2) is 65.3 Å². The number of carbonyl (C=O) groups is 2. The number of rotatable bonds is 6. The molecular weight excluding hydrogens is 466 g/mol. The summed E-state index contributed by atoms with van der Waals surface area (Å²) in [5, 5.41) is 3.33. The van der Waals surface area contributed by atoms with Gasteiger partial charge in [-0.1, -0.05) is 23.7 Å². The third-order valence-corrected chi connectivity index (χ3v) is 6.61. The van der Waals surface area contributed by atoms with E-state index in [0.717, 1.165) is 36.5 Å². The normalized spacial score (nSPS) is 14.4. The zero-order valence-corrected chi connectivity index (χ0v) is 20.2. The van der Waals surface area contributed by atoms with Gasteiger partial charge in [-0.2, -0.15) is 0 Å². The van der Waals surface area contributed by atoms with Crippen LogP contribution in [0.1, 0.15) is 33.7 Å². The van der Waals surface area contributed by atoms with Crippen LogP contribution in [0.5, 0.6) is 0 Å². The van der Waals surface area contributed by atoms with Gasteiger partial charge in [0, 0.05) is 38.4 Å². The Hall–Kier alpha value is -3.62. The lowest BCUT2D eigenvalue weighted by molar-refractivity contribution is 0.0593. The average Bonchev–Trinajstić information content (AvgIpc) is 3.52. The van der Waals surface area contributed by atoms with Crippen LogP contribution in [0.3, 0.4) is 0 Å².